The Morgan fingerprint density at radius 1 is 1.46 bits per heavy atom. The number of fused-ring (bicyclic) bond motifs is 5. The number of benzene rings is 1. The number of allylic oxidation sites excluding steroid dienone is 2. The Morgan fingerprint density at radius 2 is 2.25 bits per heavy atom. The van der Waals surface area contributed by atoms with Gasteiger partial charge in [-0.05, 0) is 56.2 Å². The zero-order valence-electron chi connectivity index (χ0n) is 17.2. The van der Waals surface area contributed by atoms with Crippen molar-refractivity contribution >= 4 is 17.2 Å². The summed E-state index contributed by atoms with van der Waals surface area (Å²) < 4.78 is 5.55. The Kier molecular flexibility index (Phi) is 4.92. The fourth-order valence-corrected chi connectivity index (χ4v) is 5.60. The first kappa shape index (κ1) is 19.3. The molecule has 2 saturated heterocycles. The number of hydrogen-bond acceptors (Lipinski definition) is 5. The van der Waals surface area contributed by atoms with E-state index in [1.54, 1.807) is 14.0 Å². The summed E-state index contributed by atoms with van der Waals surface area (Å²) in [7, 11) is 1.64. The molecule has 4 rings (SSSR count). The third kappa shape index (κ3) is 2.75. The largest absolute Gasteiger partial charge is 0.496 e. The summed E-state index contributed by atoms with van der Waals surface area (Å²) in [5, 5.41) is 11.7. The molecule has 3 heterocycles. The third-order valence-corrected chi connectivity index (χ3v) is 6.98. The first-order valence-electron chi connectivity index (χ1n) is 10.3. The number of hydrogen-bond donors (Lipinski definition) is 1. The fraction of sp³-hybridized carbons (Fsp3) is 0.565. The Morgan fingerprint density at radius 3 is 2.89 bits per heavy atom. The van der Waals surface area contributed by atoms with Gasteiger partial charge in [0, 0.05) is 13.1 Å². The van der Waals surface area contributed by atoms with Gasteiger partial charge in [0.05, 0.1) is 30.1 Å². The normalized spacial score (nSPS) is 32.2. The van der Waals surface area contributed by atoms with Gasteiger partial charge in [-0.15, -0.1) is 0 Å². The van der Waals surface area contributed by atoms with E-state index in [-0.39, 0.29) is 17.7 Å². The van der Waals surface area contributed by atoms with Gasteiger partial charge in [0.2, 0.25) is 0 Å². The molecule has 28 heavy (non-hydrogen) atoms. The molecule has 0 spiro atoms. The maximum atomic E-state index is 12.3. The van der Waals surface area contributed by atoms with E-state index in [0.29, 0.717) is 18.1 Å². The highest BCUT2D eigenvalue weighted by Gasteiger charge is 2.54. The van der Waals surface area contributed by atoms with Crippen LogP contribution < -0.4 is 4.74 Å². The molecule has 0 unspecified atom stereocenters. The summed E-state index contributed by atoms with van der Waals surface area (Å²) >= 11 is 0. The van der Waals surface area contributed by atoms with Crippen molar-refractivity contribution in [1.29, 1.82) is 0 Å². The van der Waals surface area contributed by atoms with Gasteiger partial charge < -0.3 is 9.84 Å². The van der Waals surface area contributed by atoms with Gasteiger partial charge in [-0.1, -0.05) is 25.5 Å². The van der Waals surface area contributed by atoms with Gasteiger partial charge in [0.25, 0.3) is 0 Å². The molecule has 2 fully saturated rings. The second kappa shape index (κ2) is 7.12. The van der Waals surface area contributed by atoms with E-state index in [9.17, 15) is 9.90 Å². The summed E-state index contributed by atoms with van der Waals surface area (Å²) in [5.74, 6) is 1.52. The highest BCUT2D eigenvalue weighted by Crippen LogP contribution is 2.51. The van der Waals surface area contributed by atoms with Gasteiger partial charge in [0.15, 0.2) is 5.78 Å². The molecule has 3 aliphatic rings. The van der Waals surface area contributed by atoms with E-state index in [4.69, 9.17) is 9.73 Å². The fourth-order valence-electron chi connectivity index (χ4n) is 5.60. The molecule has 1 aromatic carbocycles. The number of Topliss-reactive ketones (excluding diaryl/α,β-unsaturated/α-hetero) is 1. The van der Waals surface area contributed by atoms with E-state index < -0.39 is 5.60 Å². The van der Waals surface area contributed by atoms with Crippen molar-refractivity contribution in [1.82, 2.24) is 4.90 Å². The lowest BCUT2D eigenvalue weighted by Gasteiger charge is -2.50. The number of methoxy groups -OCH3 is 1. The van der Waals surface area contributed by atoms with Crippen molar-refractivity contribution in [2.45, 2.75) is 51.7 Å². The molecule has 1 N–H and O–H groups in total. The molecule has 0 aromatic heterocycles. The molecule has 150 valence electrons. The second-order valence-electron chi connectivity index (χ2n) is 8.28. The maximum Gasteiger partial charge on any atom is 0.155 e. The number of carbonyl (C=O) groups excluding carboxylic acids is 1. The molecule has 0 radical (unpaired) electrons. The van der Waals surface area contributed by atoms with Crippen molar-refractivity contribution in [2.24, 2.45) is 16.8 Å². The average molecular weight is 383 g/mol. The predicted octanol–water partition coefficient (Wildman–Crippen LogP) is 3.62. The molecule has 0 amide bonds. The number of nitrogens with zero attached hydrogens (tertiary/aromatic N) is 2. The van der Waals surface area contributed by atoms with Crippen molar-refractivity contribution in [3.63, 3.8) is 0 Å². The summed E-state index contributed by atoms with van der Waals surface area (Å²) in [6.45, 7) is 7.60. The third-order valence-electron chi connectivity index (χ3n) is 6.98. The minimum atomic E-state index is -1.07. The van der Waals surface area contributed by atoms with Gasteiger partial charge in [-0.2, -0.15) is 0 Å². The Hall–Kier alpha value is -1.98. The van der Waals surface area contributed by atoms with Crippen molar-refractivity contribution in [3.8, 4) is 5.75 Å². The Labute approximate surface area is 167 Å². The Bertz CT molecular complexity index is 859. The quantitative estimate of drug-likeness (QED) is 0.808. The molecule has 0 saturated carbocycles. The van der Waals surface area contributed by atoms with Crippen LogP contribution in [0.25, 0.3) is 0 Å². The van der Waals surface area contributed by atoms with Gasteiger partial charge >= 0.3 is 0 Å². The molecule has 0 aliphatic carbocycles. The van der Waals surface area contributed by atoms with E-state index >= 15 is 0 Å². The van der Waals surface area contributed by atoms with Crippen LogP contribution in [-0.4, -0.2) is 47.7 Å². The summed E-state index contributed by atoms with van der Waals surface area (Å²) in [6, 6.07) is 5.82. The molecule has 0 bridgehead atoms. The second-order valence-corrected chi connectivity index (χ2v) is 8.28. The van der Waals surface area contributed by atoms with Crippen LogP contribution in [-0.2, 0) is 10.4 Å². The molecule has 1 aromatic rings. The van der Waals surface area contributed by atoms with Crippen LogP contribution in [0.15, 0.2) is 34.8 Å². The highest BCUT2D eigenvalue weighted by molar-refractivity contribution is 6.05. The van der Waals surface area contributed by atoms with Crippen molar-refractivity contribution in [2.75, 3.05) is 20.2 Å². The van der Waals surface area contributed by atoms with Crippen molar-refractivity contribution < 1.29 is 14.6 Å². The molecule has 4 atom stereocenters. The minimum Gasteiger partial charge on any atom is -0.496 e. The lowest BCUT2D eigenvalue weighted by molar-refractivity contribution is -0.114. The minimum absolute atomic E-state index is 0.0537. The number of ether oxygens (including phenoxy) is 1. The van der Waals surface area contributed by atoms with Crippen LogP contribution in [0.2, 0.25) is 0 Å². The summed E-state index contributed by atoms with van der Waals surface area (Å²) in [4.78, 5) is 19.6. The van der Waals surface area contributed by atoms with Crippen LogP contribution in [0, 0.1) is 11.8 Å². The van der Waals surface area contributed by atoms with Crippen LogP contribution in [0.1, 0.15) is 45.6 Å². The van der Waals surface area contributed by atoms with E-state index in [1.807, 2.05) is 31.2 Å². The topological polar surface area (TPSA) is 62.1 Å². The first-order valence-corrected chi connectivity index (χ1v) is 10.3. The lowest BCUT2D eigenvalue weighted by Crippen LogP contribution is -2.60. The smallest absolute Gasteiger partial charge is 0.155 e. The molecular formula is C23H30N2O3. The monoisotopic (exact) mass is 382 g/mol. The maximum absolute atomic E-state index is 12.3. The van der Waals surface area contributed by atoms with Crippen LogP contribution >= 0.6 is 0 Å². The number of piperidine rings is 2. The number of aliphatic hydroxyl groups is 1. The number of rotatable bonds is 4. The van der Waals surface area contributed by atoms with Gasteiger partial charge in [-0.25, -0.2) is 0 Å². The zero-order chi connectivity index (χ0) is 20.1. The lowest BCUT2D eigenvalue weighted by atomic mass is 9.69. The van der Waals surface area contributed by atoms with Crippen LogP contribution in [0.5, 0.6) is 5.75 Å². The zero-order valence-corrected chi connectivity index (χ0v) is 17.2. The van der Waals surface area contributed by atoms with Crippen molar-refractivity contribution in [3.05, 3.63) is 35.4 Å². The molecule has 5 nitrogen and oxygen atoms in total. The Balaban J connectivity index is 1.74. The molecular weight excluding hydrogens is 352 g/mol. The molecule has 5 heteroatoms. The van der Waals surface area contributed by atoms with E-state index in [1.165, 1.54) is 0 Å². The van der Waals surface area contributed by atoms with Crippen LogP contribution in [0.3, 0.4) is 0 Å². The highest BCUT2D eigenvalue weighted by atomic mass is 16.5. The molecule has 3 aliphatic heterocycles. The standard InChI is InChI=1S/C23H30N2O3/c1-5-15-13-25-11-10-23(27)21-18(8-7-9-20(21)28-4)24-22(23)19(25)12-17(15)16(6-2)14(3)26/h6-9,15,17,19,27H,5,10-13H2,1-4H3/b16-6-/t15-,17+,19+,23+/m1/s1. The average Bonchev–Trinajstić information content (AvgIpc) is 3.01. The van der Waals surface area contributed by atoms with Gasteiger partial charge in [0.1, 0.15) is 11.4 Å². The first-order chi connectivity index (χ1) is 13.4. The van der Waals surface area contributed by atoms with E-state index in [2.05, 4.69) is 11.8 Å². The summed E-state index contributed by atoms with van der Waals surface area (Å²) in [5.41, 5.74) is 2.30. The summed E-state index contributed by atoms with van der Waals surface area (Å²) in [6.07, 6.45) is 4.48. The SMILES string of the molecule is C/C=C(/C(C)=O)[C@H]1C[C@H]2C3=Nc4cccc(OC)c4[C@@]3(O)CCN2C[C@H]1CC. The predicted molar refractivity (Wildman–Crippen MR) is 110 cm³/mol. The number of ketones is 1. The van der Waals surface area contributed by atoms with Crippen LogP contribution in [0.4, 0.5) is 5.69 Å². The number of carbonyl (C=O) groups is 1. The number of aliphatic imine (C=N–C) groups is 1. The van der Waals surface area contributed by atoms with Gasteiger partial charge in [-0.3, -0.25) is 14.7 Å². The van der Waals surface area contributed by atoms with E-state index in [0.717, 1.165) is 48.5 Å².